The van der Waals surface area contributed by atoms with Crippen LogP contribution in [-0.2, 0) is 14.3 Å². The zero-order valence-corrected chi connectivity index (χ0v) is 26.1. The Kier molecular flexibility index (Phi) is 9.16. The first kappa shape index (κ1) is 30.8. The van der Waals surface area contributed by atoms with E-state index < -0.39 is 0 Å². The predicted molar refractivity (Wildman–Crippen MR) is 166 cm³/mol. The van der Waals surface area contributed by atoms with Gasteiger partial charge < -0.3 is 4.74 Å². The number of methoxy groups -OCH3 is 1. The van der Waals surface area contributed by atoms with E-state index in [1.807, 2.05) is 0 Å². The highest BCUT2D eigenvalue weighted by atomic mass is 32.1. The molecule has 0 aliphatic heterocycles. The van der Waals surface area contributed by atoms with Gasteiger partial charge in [-0.15, -0.1) is 0 Å². The normalized spacial score (nSPS) is 35.7. The van der Waals surface area contributed by atoms with Crippen LogP contribution in [0.2, 0.25) is 0 Å². The van der Waals surface area contributed by atoms with E-state index in [4.69, 9.17) is 17.0 Å². The summed E-state index contributed by atoms with van der Waals surface area (Å²) in [5, 5.41) is 8.99. The number of Topliss-reactive ketones (excluding diaryl/α,β-unsaturated/α-hetero) is 1. The number of carbonyl (C=O) groups is 2. The Morgan fingerprint density at radius 3 is 2.60 bits per heavy atom. The Hall–Kier alpha value is -2.68. The molecule has 5 rings (SSSR count). The van der Waals surface area contributed by atoms with Crippen LogP contribution in [0.3, 0.4) is 0 Å². The lowest BCUT2D eigenvalue weighted by Crippen LogP contribution is -2.57. The Morgan fingerprint density at radius 2 is 1.86 bits per heavy atom. The average molecular weight is 597 g/mol. The lowest BCUT2D eigenvalue weighted by molar-refractivity contribution is -0.153. The second-order valence-corrected chi connectivity index (χ2v) is 14.1. The van der Waals surface area contributed by atoms with E-state index in [9.17, 15) is 14.0 Å². The number of thiocarbonyl (C=S) groups is 1. The first-order chi connectivity index (χ1) is 20.0. The summed E-state index contributed by atoms with van der Waals surface area (Å²) in [6.45, 7) is 7.18. The SMILES string of the molecule is COC(=O)CC[C@@H](C)[C@H]1CC[C@H]2[C@@H]3C(=O)C[C@@H]4C/C(=N/NC(=S)N/N=C/c5ccc(F)cc5)CC[C@]4(C)[C@H]3CC[C@]12C. The third-order valence-electron chi connectivity index (χ3n) is 11.7. The van der Waals surface area contributed by atoms with Crippen molar-refractivity contribution in [3.05, 3.63) is 35.6 Å². The summed E-state index contributed by atoms with van der Waals surface area (Å²) < 4.78 is 18.0. The number of nitrogens with one attached hydrogen (secondary N) is 2. The van der Waals surface area contributed by atoms with E-state index in [0.29, 0.717) is 48.2 Å². The number of hydrogen-bond donors (Lipinski definition) is 2. The third kappa shape index (κ3) is 6.03. The van der Waals surface area contributed by atoms with Gasteiger partial charge in [0.2, 0.25) is 5.11 Å². The number of nitrogens with zero attached hydrogens (tertiary/aromatic N) is 2. The summed E-state index contributed by atoms with van der Waals surface area (Å²) in [6.07, 6.45) is 10.9. The van der Waals surface area contributed by atoms with Gasteiger partial charge in [-0.2, -0.15) is 10.2 Å². The minimum absolute atomic E-state index is 0.129. The summed E-state index contributed by atoms with van der Waals surface area (Å²) in [5.41, 5.74) is 7.80. The predicted octanol–water partition coefficient (Wildman–Crippen LogP) is 6.41. The first-order valence-corrected chi connectivity index (χ1v) is 16.0. The molecule has 2 N–H and O–H groups in total. The maximum absolute atomic E-state index is 13.9. The summed E-state index contributed by atoms with van der Waals surface area (Å²) in [5.74, 6) is 2.40. The fraction of sp³-hybridized carbons (Fsp3) is 0.667. The van der Waals surface area contributed by atoms with Crippen molar-refractivity contribution >= 4 is 41.0 Å². The Balaban J connectivity index is 1.19. The Morgan fingerprint density at radius 1 is 1.12 bits per heavy atom. The average Bonchev–Trinajstić information content (AvgIpc) is 3.33. The molecule has 4 saturated carbocycles. The van der Waals surface area contributed by atoms with Crippen LogP contribution in [0.25, 0.3) is 0 Å². The van der Waals surface area contributed by atoms with Crippen LogP contribution in [0, 0.1) is 52.2 Å². The van der Waals surface area contributed by atoms with Crippen molar-refractivity contribution in [2.75, 3.05) is 7.11 Å². The highest BCUT2D eigenvalue weighted by Gasteiger charge is 2.62. The fourth-order valence-corrected chi connectivity index (χ4v) is 9.43. The second kappa shape index (κ2) is 12.5. The molecule has 1 aromatic rings. The molecule has 8 atom stereocenters. The highest BCUT2D eigenvalue weighted by molar-refractivity contribution is 7.80. The molecule has 0 amide bonds. The van der Waals surface area contributed by atoms with Crippen molar-refractivity contribution in [1.82, 2.24) is 10.9 Å². The van der Waals surface area contributed by atoms with Crippen molar-refractivity contribution in [3.8, 4) is 0 Å². The highest BCUT2D eigenvalue weighted by Crippen LogP contribution is 2.67. The number of halogens is 1. The van der Waals surface area contributed by atoms with Crippen LogP contribution in [-0.4, -0.2) is 35.9 Å². The molecule has 7 nitrogen and oxygen atoms in total. The van der Waals surface area contributed by atoms with E-state index in [-0.39, 0.29) is 33.6 Å². The minimum atomic E-state index is -0.292. The number of carbonyl (C=O) groups excluding carboxylic acids is 2. The molecule has 0 unspecified atom stereocenters. The number of hydrogen-bond acceptors (Lipinski definition) is 6. The molecule has 9 heteroatoms. The lowest BCUT2D eigenvalue weighted by atomic mass is 9.44. The van der Waals surface area contributed by atoms with Gasteiger partial charge in [0.25, 0.3) is 0 Å². The maximum Gasteiger partial charge on any atom is 0.305 e. The van der Waals surface area contributed by atoms with Gasteiger partial charge >= 0.3 is 5.97 Å². The van der Waals surface area contributed by atoms with Gasteiger partial charge in [-0.1, -0.05) is 32.9 Å². The molecule has 4 fully saturated rings. The van der Waals surface area contributed by atoms with Crippen molar-refractivity contribution in [2.24, 2.45) is 56.5 Å². The van der Waals surface area contributed by atoms with Crippen LogP contribution in [0.1, 0.15) is 90.5 Å². The van der Waals surface area contributed by atoms with E-state index in [1.54, 1.807) is 18.3 Å². The van der Waals surface area contributed by atoms with Crippen LogP contribution >= 0.6 is 12.2 Å². The zero-order valence-electron chi connectivity index (χ0n) is 25.3. The van der Waals surface area contributed by atoms with Gasteiger partial charge in [-0.05, 0) is 122 Å². The largest absolute Gasteiger partial charge is 0.469 e. The second-order valence-electron chi connectivity index (χ2n) is 13.7. The summed E-state index contributed by atoms with van der Waals surface area (Å²) in [4.78, 5) is 25.7. The van der Waals surface area contributed by atoms with Gasteiger partial charge in [0.05, 0.1) is 13.3 Å². The maximum atomic E-state index is 13.9. The molecule has 0 saturated heterocycles. The van der Waals surface area contributed by atoms with Crippen LogP contribution in [0.5, 0.6) is 0 Å². The molecule has 4 aliphatic carbocycles. The molecule has 0 heterocycles. The number of ketones is 1. The summed E-state index contributed by atoms with van der Waals surface area (Å²) in [6, 6.07) is 6.04. The monoisotopic (exact) mass is 596 g/mol. The van der Waals surface area contributed by atoms with Gasteiger partial charge in [-0.3, -0.25) is 20.4 Å². The van der Waals surface area contributed by atoms with Crippen LogP contribution in [0.4, 0.5) is 4.39 Å². The lowest BCUT2D eigenvalue weighted by Gasteiger charge is -2.60. The number of ether oxygens (including phenoxy) is 1. The van der Waals surface area contributed by atoms with Gasteiger partial charge in [-0.25, -0.2) is 4.39 Å². The van der Waals surface area contributed by atoms with Crippen LogP contribution in [0.15, 0.2) is 34.5 Å². The molecule has 4 aliphatic rings. The molecular weight excluding hydrogens is 551 g/mol. The number of rotatable bonds is 7. The van der Waals surface area contributed by atoms with E-state index in [0.717, 1.165) is 56.2 Å². The first-order valence-electron chi connectivity index (χ1n) is 15.5. The molecule has 0 aromatic heterocycles. The van der Waals surface area contributed by atoms with Crippen molar-refractivity contribution in [2.45, 2.75) is 85.0 Å². The molecule has 42 heavy (non-hydrogen) atoms. The minimum Gasteiger partial charge on any atom is -0.469 e. The topological polar surface area (TPSA) is 92.2 Å². The summed E-state index contributed by atoms with van der Waals surface area (Å²) >= 11 is 5.33. The molecule has 1 aromatic carbocycles. The van der Waals surface area contributed by atoms with E-state index in [1.165, 1.54) is 25.7 Å². The van der Waals surface area contributed by atoms with E-state index >= 15 is 0 Å². The standard InChI is InChI=1S/C33H45FN4O3S/c1-20(5-12-29(40)41-4)25-10-11-26-30-27(14-16-33(25,26)3)32(2)15-13-24(17-22(32)18-28(30)39)36-38-31(42)37-35-19-21-6-8-23(34)9-7-21/h6-9,19-20,22,25-27,30H,5,10-18H2,1-4H3,(H2,37,38,42)/b35-19+,36-24+/t20-,22+,25-,26+,27+,30+,32+,33-/m1/s1. The van der Waals surface area contributed by atoms with Crippen LogP contribution < -0.4 is 10.9 Å². The number of fused-ring (bicyclic) bond motifs is 5. The number of benzene rings is 1. The van der Waals surface area contributed by atoms with Gasteiger partial charge in [0.15, 0.2) is 0 Å². The molecule has 0 spiro atoms. The van der Waals surface area contributed by atoms with Gasteiger partial charge in [0.1, 0.15) is 11.6 Å². The smallest absolute Gasteiger partial charge is 0.305 e. The number of hydrazone groups is 2. The number of esters is 1. The molecule has 0 radical (unpaired) electrons. The fourth-order valence-electron chi connectivity index (χ4n) is 9.33. The quantitative estimate of drug-likeness (QED) is 0.164. The molecule has 0 bridgehead atoms. The Labute approximate surface area is 254 Å². The molecule has 228 valence electrons. The van der Waals surface area contributed by atoms with Gasteiger partial charge in [0, 0.05) is 24.5 Å². The zero-order chi connectivity index (χ0) is 30.1. The molecular formula is C33H45FN4O3S. The van der Waals surface area contributed by atoms with Crippen molar-refractivity contribution in [1.29, 1.82) is 0 Å². The van der Waals surface area contributed by atoms with Crippen molar-refractivity contribution < 1.29 is 18.7 Å². The third-order valence-corrected chi connectivity index (χ3v) is 11.8. The van der Waals surface area contributed by atoms with Crippen molar-refractivity contribution in [3.63, 3.8) is 0 Å². The van der Waals surface area contributed by atoms with E-state index in [2.05, 4.69) is 41.8 Å². The Bertz CT molecular complexity index is 1250. The summed E-state index contributed by atoms with van der Waals surface area (Å²) in [7, 11) is 1.46.